The summed E-state index contributed by atoms with van der Waals surface area (Å²) in [5.74, 6) is -21.5. The van der Waals surface area contributed by atoms with Crippen molar-refractivity contribution in [1.29, 1.82) is 16.2 Å². The predicted octanol–water partition coefficient (Wildman–Crippen LogP) is -8.91. The van der Waals surface area contributed by atoms with Crippen LogP contribution in [0.15, 0.2) is 60.7 Å². The zero-order chi connectivity index (χ0) is 87.4. The van der Waals surface area contributed by atoms with Crippen molar-refractivity contribution in [3.05, 3.63) is 71.8 Å². The van der Waals surface area contributed by atoms with Crippen LogP contribution in [0.1, 0.15) is 104 Å². The summed E-state index contributed by atoms with van der Waals surface area (Å²) in [6, 6.07) is -5.30. The number of primary amides is 1. The molecule has 46 heteroatoms. The minimum atomic E-state index is -1.90. The first kappa shape index (κ1) is 99.5. The molecule has 648 valence electrons. The van der Waals surface area contributed by atoms with Crippen LogP contribution in [-0.4, -0.2) is 264 Å². The first-order valence-corrected chi connectivity index (χ1v) is 40.1. The third-order valence-electron chi connectivity index (χ3n) is 18.1. The number of carboxylic acid groups (broad SMARTS) is 1. The van der Waals surface area contributed by atoms with Gasteiger partial charge in [0.2, 0.25) is 88.6 Å². The lowest BCUT2D eigenvalue weighted by Gasteiger charge is -2.30. The van der Waals surface area contributed by atoms with E-state index in [0.717, 1.165) is 21.6 Å². The van der Waals surface area contributed by atoms with Gasteiger partial charge in [-0.25, -0.2) is 4.79 Å². The Balaban J connectivity index is 2.38. The molecule has 2 aromatic rings. The number of aliphatic hydroxyl groups is 2. The Morgan fingerprint density at radius 3 is 1.52 bits per heavy atom. The number of carboxylic acids is 1. The van der Waals surface area contributed by atoms with Crippen molar-refractivity contribution in [2.75, 3.05) is 57.4 Å². The van der Waals surface area contributed by atoms with E-state index in [2.05, 4.69) is 90.4 Å². The second kappa shape index (κ2) is 52.8. The number of benzene rings is 2. The van der Waals surface area contributed by atoms with Crippen molar-refractivity contribution in [3.8, 4) is 0 Å². The van der Waals surface area contributed by atoms with E-state index in [0.29, 0.717) is 11.1 Å². The molecule has 117 heavy (non-hydrogen) atoms. The van der Waals surface area contributed by atoms with Gasteiger partial charge in [-0.2, -0.15) is 0 Å². The zero-order valence-electron chi connectivity index (χ0n) is 65.7. The highest BCUT2D eigenvalue weighted by atomic mass is 33.1. The molecule has 1 fully saturated rings. The lowest BCUT2D eigenvalue weighted by Crippen LogP contribution is -2.62. The topological polar surface area (TPSA) is 740 Å². The minimum Gasteiger partial charge on any atom is -0.480 e. The van der Waals surface area contributed by atoms with E-state index >= 15 is 9.59 Å². The molecule has 15 atom stereocenters. The Hall–Kier alpha value is -11.6. The molecule has 0 aliphatic carbocycles. The number of rotatable bonds is 33. The first-order valence-electron chi connectivity index (χ1n) is 37.6. The monoisotopic (exact) mass is 1680 g/mol. The fraction of sp³-hybridized carbons (Fsp3) is 0.563. The molecule has 44 nitrogen and oxygen atoms in total. The van der Waals surface area contributed by atoms with Gasteiger partial charge in [0, 0.05) is 44.0 Å². The summed E-state index contributed by atoms with van der Waals surface area (Å²) >= 11 is 0. The van der Waals surface area contributed by atoms with E-state index in [1.54, 1.807) is 81.4 Å². The number of nitrogens with one attached hydrogen (secondary N) is 20. The van der Waals surface area contributed by atoms with Crippen LogP contribution in [0.2, 0.25) is 0 Å². The van der Waals surface area contributed by atoms with Gasteiger partial charge in [0.1, 0.15) is 78.5 Å². The van der Waals surface area contributed by atoms with Crippen LogP contribution in [0.4, 0.5) is 0 Å². The van der Waals surface area contributed by atoms with E-state index in [-0.39, 0.29) is 83.8 Å². The number of hydrogen-bond donors (Lipinski definition) is 28. The predicted molar refractivity (Wildman–Crippen MR) is 430 cm³/mol. The fourth-order valence-electron chi connectivity index (χ4n) is 11.0. The average Bonchev–Trinajstić information content (AvgIpc) is 0.848. The van der Waals surface area contributed by atoms with Crippen LogP contribution in [0.5, 0.6) is 0 Å². The highest BCUT2D eigenvalue weighted by molar-refractivity contribution is 8.76. The van der Waals surface area contributed by atoms with Crippen LogP contribution in [0, 0.1) is 28.1 Å². The highest BCUT2D eigenvalue weighted by Crippen LogP contribution is 2.24. The minimum absolute atomic E-state index is 0.00416. The molecule has 3 unspecified atom stereocenters. The largest absolute Gasteiger partial charge is 0.480 e. The molecule has 0 aromatic heterocycles. The highest BCUT2D eigenvalue weighted by Gasteiger charge is 2.39. The van der Waals surface area contributed by atoms with Crippen LogP contribution < -0.4 is 119 Å². The molecule has 33 N–H and O–H groups in total. The van der Waals surface area contributed by atoms with Gasteiger partial charge in [-0.05, 0) is 68.4 Å². The Kier molecular flexibility index (Phi) is 44.9. The Morgan fingerprint density at radius 2 is 1.00 bits per heavy atom. The van der Waals surface area contributed by atoms with Gasteiger partial charge in [-0.15, -0.1) is 0 Å². The number of carbonyl (C=O) groups excluding carboxylic acids is 15. The van der Waals surface area contributed by atoms with Crippen molar-refractivity contribution >= 4 is 134 Å². The van der Waals surface area contributed by atoms with Crippen molar-refractivity contribution < 1.29 is 92.0 Å². The zero-order valence-corrected chi connectivity index (χ0v) is 67.3. The SMILES string of the molecule is CC[C@H](C)C1NC(=O)[C@H](CCCNC(=N)N)NC(=O)CNC(=O)CNC(=O)[C@H](Cc2ccccc2)NC(=O)[C@@H](C)NC(=O)[C@@H](NC(=O)[C@H](CO)NC(=O)[C@@H](N)CO)CSSCC(C(=O)N[C@@H](Cc2ccccc2)C(=O)N[C@@H](CCCNC(=N)N)C(=O)O)NC(=O)[C@H]([C@@H](C)CC)NC(=O)C(CCCNC(=N)N)NC(=O)[C@H](CC(N)=O)NC1=O. The standard InChI is InChI=1S/C71H113N25O19S2/c1-6-36(3)54-66(112)91-47(29-51(73)99)62(108)87-43(22-15-25-81-70(76)77)60(106)96-55(37(4)7-2)67(113)94-50(65(111)90-46(28-40-19-12-9-13-20-40)61(107)88-44(68(114)115)23-16-26-82-71(78)79)35-117-116-34-49(93-63(109)48(33-98)92-57(103)41(72)32-97)64(110)85-38(5)56(102)89-45(27-39-17-10-8-11-18-39)58(104)84-30-52(100)83-31-53(101)86-42(59(105)95-54)21-14-24-80-69(74)75/h8-13,17-20,36-38,41-50,54-55,97-98H,6-7,14-16,21-35,72H2,1-5H3,(H2,73,99)(H,83,100)(H,84,104)(H,85,110)(H,86,101)(H,87,108)(H,88,107)(H,89,102)(H,90,111)(H,91,112)(H,92,103)(H,93,109)(H,94,113)(H,95,105)(H,96,106)(H,114,115)(H4,74,75,80)(H4,76,77,81)(H4,78,79,82)/t36-,37-,38+,41-,42-,43?,44-,45-,46-,47-,48-,49-,50?,54?,55-/m0/s1. The van der Waals surface area contributed by atoms with Gasteiger partial charge in [-0.3, -0.25) is 88.1 Å². The van der Waals surface area contributed by atoms with Crippen molar-refractivity contribution in [1.82, 2.24) is 90.4 Å². The summed E-state index contributed by atoms with van der Waals surface area (Å²) in [6.45, 7) is 3.91. The molecule has 3 rings (SSSR count). The number of nitrogens with two attached hydrogens (primary N) is 5. The van der Waals surface area contributed by atoms with Gasteiger partial charge in [0.05, 0.1) is 32.7 Å². The molecule has 1 heterocycles. The smallest absolute Gasteiger partial charge is 0.326 e. The van der Waals surface area contributed by atoms with Crippen LogP contribution in [0.3, 0.4) is 0 Å². The summed E-state index contributed by atoms with van der Waals surface area (Å²) in [5, 5.41) is 95.1. The van der Waals surface area contributed by atoms with Gasteiger partial charge >= 0.3 is 5.97 Å². The summed E-state index contributed by atoms with van der Waals surface area (Å²) in [5.41, 5.74) is 28.7. The van der Waals surface area contributed by atoms with Gasteiger partial charge in [-0.1, -0.05) is 123 Å². The molecule has 0 spiro atoms. The summed E-state index contributed by atoms with van der Waals surface area (Å²) in [7, 11) is 1.49. The molecule has 1 saturated heterocycles. The Labute approximate surface area is 683 Å². The van der Waals surface area contributed by atoms with Gasteiger partial charge in [0.25, 0.3) is 0 Å². The van der Waals surface area contributed by atoms with Crippen molar-refractivity contribution in [2.45, 2.75) is 184 Å². The molecular weight excluding hydrogens is 1570 g/mol. The summed E-state index contributed by atoms with van der Waals surface area (Å²) in [6.07, 6.45) is -1.75. The average molecular weight is 1680 g/mol. The molecule has 2 aromatic carbocycles. The number of aliphatic carboxylic acids is 1. The normalized spacial score (nSPS) is 21.9. The van der Waals surface area contributed by atoms with Crippen LogP contribution in [0.25, 0.3) is 0 Å². The number of amides is 15. The van der Waals surface area contributed by atoms with E-state index in [1.807, 2.05) is 0 Å². The van der Waals surface area contributed by atoms with E-state index in [1.165, 1.54) is 13.8 Å². The fourth-order valence-corrected chi connectivity index (χ4v) is 13.4. The first-order chi connectivity index (χ1) is 55.4. The molecule has 1 aliphatic rings. The van der Waals surface area contributed by atoms with E-state index < -0.39 is 247 Å². The molecule has 0 radical (unpaired) electrons. The number of hydrogen-bond acceptors (Lipinski definition) is 24. The Morgan fingerprint density at radius 1 is 0.513 bits per heavy atom. The second-order valence-electron chi connectivity index (χ2n) is 27.5. The molecule has 15 amide bonds. The van der Waals surface area contributed by atoms with Crippen LogP contribution >= 0.6 is 21.6 Å². The molecule has 0 saturated carbocycles. The summed E-state index contributed by atoms with van der Waals surface area (Å²) < 4.78 is 0. The van der Waals surface area contributed by atoms with E-state index in [9.17, 15) is 82.4 Å². The maximum atomic E-state index is 15.2. The lowest BCUT2D eigenvalue weighted by atomic mass is 9.96. The summed E-state index contributed by atoms with van der Waals surface area (Å²) in [4.78, 5) is 226. The van der Waals surface area contributed by atoms with E-state index in [4.69, 9.17) is 44.9 Å². The Bertz CT molecular complexity index is 3750. The van der Waals surface area contributed by atoms with Gasteiger partial charge in [0.15, 0.2) is 17.9 Å². The third kappa shape index (κ3) is 37.7. The maximum Gasteiger partial charge on any atom is 0.326 e. The molecule has 0 bridgehead atoms. The number of carbonyl (C=O) groups is 16. The van der Waals surface area contributed by atoms with Gasteiger partial charge < -0.3 is 134 Å². The van der Waals surface area contributed by atoms with Crippen LogP contribution in [-0.2, 0) is 89.6 Å². The lowest BCUT2D eigenvalue weighted by molar-refractivity contribution is -0.142. The molecular formula is C71H113N25O19S2. The second-order valence-corrected chi connectivity index (χ2v) is 30.0. The maximum absolute atomic E-state index is 15.2. The quantitative estimate of drug-likeness (QED) is 0.0137. The third-order valence-corrected chi connectivity index (χ3v) is 20.5. The number of aliphatic hydroxyl groups excluding tert-OH is 2. The van der Waals surface area contributed by atoms with Crippen molar-refractivity contribution in [2.24, 2.45) is 40.5 Å². The number of guanidine groups is 3. The van der Waals surface area contributed by atoms with Crippen molar-refractivity contribution in [3.63, 3.8) is 0 Å². The molecule has 1 aliphatic heterocycles.